The molecule has 0 aromatic rings. The molecule has 3 unspecified atom stereocenters. The van der Waals surface area contributed by atoms with Crippen LogP contribution >= 0.6 is 0 Å². The summed E-state index contributed by atoms with van der Waals surface area (Å²) in [4.78, 5) is 11.9. The van der Waals surface area contributed by atoms with Crippen molar-refractivity contribution < 1.29 is 9.90 Å². The summed E-state index contributed by atoms with van der Waals surface area (Å²) < 4.78 is 0. The van der Waals surface area contributed by atoms with Gasteiger partial charge >= 0.3 is 0 Å². The number of aliphatic hydroxyl groups excluding tert-OH is 1. The van der Waals surface area contributed by atoms with E-state index in [-0.39, 0.29) is 12.5 Å². The van der Waals surface area contributed by atoms with E-state index in [0.717, 1.165) is 12.8 Å². The zero-order valence-electron chi connectivity index (χ0n) is 10.0. The minimum Gasteiger partial charge on any atom is -0.396 e. The number of hydrogen-bond acceptors (Lipinski definition) is 2. The van der Waals surface area contributed by atoms with E-state index in [2.05, 4.69) is 13.8 Å². The van der Waals surface area contributed by atoms with Gasteiger partial charge in [0.1, 0.15) is 5.78 Å². The first-order valence-electron chi connectivity index (χ1n) is 6.34. The highest BCUT2D eigenvalue weighted by atomic mass is 16.3. The quantitative estimate of drug-likeness (QED) is 0.761. The van der Waals surface area contributed by atoms with Gasteiger partial charge in [0.05, 0.1) is 0 Å². The van der Waals surface area contributed by atoms with Gasteiger partial charge in [-0.25, -0.2) is 0 Å². The number of carbonyl (C=O) groups is 1. The average Bonchev–Trinajstić information content (AvgIpc) is 2.28. The van der Waals surface area contributed by atoms with Gasteiger partial charge in [-0.2, -0.15) is 0 Å². The van der Waals surface area contributed by atoms with Gasteiger partial charge in [0.2, 0.25) is 0 Å². The second kappa shape index (κ2) is 6.26. The van der Waals surface area contributed by atoms with Crippen LogP contribution in [0.2, 0.25) is 0 Å². The third-order valence-corrected chi connectivity index (χ3v) is 3.97. The number of ketones is 1. The minimum atomic E-state index is 0.0164. The Labute approximate surface area is 93.1 Å². The first kappa shape index (κ1) is 12.7. The molecule has 1 aliphatic carbocycles. The third-order valence-electron chi connectivity index (χ3n) is 3.97. The molecular formula is C13H24O2. The molecule has 15 heavy (non-hydrogen) atoms. The molecule has 2 heteroatoms. The summed E-state index contributed by atoms with van der Waals surface area (Å²) in [5.74, 6) is 1.75. The molecule has 0 bridgehead atoms. The van der Waals surface area contributed by atoms with Crippen LogP contribution in [0.25, 0.3) is 0 Å². The van der Waals surface area contributed by atoms with Crippen molar-refractivity contribution in [2.45, 2.75) is 52.4 Å². The molecule has 0 aromatic carbocycles. The molecule has 2 nitrogen and oxygen atoms in total. The first-order chi connectivity index (χ1) is 7.20. The molecule has 0 radical (unpaired) electrons. The maximum atomic E-state index is 11.9. The monoisotopic (exact) mass is 212 g/mol. The van der Waals surface area contributed by atoms with Gasteiger partial charge in [-0.1, -0.05) is 33.1 Å². The van der Waals surface area contributed by atoms with Gasteiger partial charge in [0, 0.05) is 18.9 Å². The number of Topliss-reactive ketones (excluding diaryl/α,β-unsaturated/α-hetero) is 1. The van der Waals surface area contributed by atoms with Crippen LogP contribution < -0.4 is 0 Å². The van der Waals surface area contributed by atoms with E-state index < -0.39 is 0 Å². The topological polar surface area (TPSA) is 37.3 Å². The van der Waals surface area contributed by atoms with E-state index >= 15 is 0 Å². The predicted octanol–water partition coefficient (Wildman–Crippen LogP) is 2.79. The summed E-state index contributed by atoms with van der Waals surface area (Å²) in [6, 6.07) is 0. The van der Waals surface area contributed by atoms with Gasteiger partial charge in [-0.05, 0) is 24.7 Å². The van der Waals surface area contributed by atoms with Crippen molar-refractivity contribution in [1.82, 2.24) is 0 Å². The van der Waals surface area contributed by atoms with Crippen LogP contribution in [0.3, 0.4) is 0 Å². The van der Waals surface area contributed by atoms with E-state index in [4.69, 9.17) is 5.11 Å². The second-order valence-corrected chi connectivity index (χ2v) is 4.88. The van der Waals surface area contributed by atoms with Gasteiger partial charge in [0.25, 0.3) is 0 Å². The lowest BCUT2D eigenvalue weighted by Gasteiger charge is -2.34. The molecular weight excluding hydrogens is 188 g/mol. The van der Waals surface area contributed by atoms with E-state index in [1.54, 1.807) is 0 Å². The van der Waals surface area contributed by atoms with E-state index in [9.17, 15) is 4.79 Å². The molecule has 1 fully saturated rings. The Balaban J connectivity index is 2.60. The standard InChI is InChI=1S/C13H24O2/c1-3-10(2)11-6-4-5-7-12(11)13(15)8-9-14/h10-12,14H,3-9H2,1-2H3. The van der Waals surface area contributed by atoms with Gasteiger partial charge in [0.15, 0.2) is 0 Å². The number of hydrogen-bond donors (Lipinski definition) is 1. The van der Waals surface area contributed by atoms with Crippen molar-refractivity contribution >= 4 is 5.78 Å². The summed E-state index contributed by atoms with van der Waals surface area (Å²) in [5, 5.41) is 8.83. The Morgan fingerprint density at radius 2 is 2.07 bits per heavy atom. The Hall–Kier alpha value is -0.370. The third kappa shape index (κ3) is 3.30. The van der Waals surface area contributed by atoms with Crippen LogP contribution in [0.4, 0.5) is 0 Å². The molecule has 1 aliphatic rings. The molecule has 3 atom stereocenters. The molecule has 0 saturated heterocycles. The largest absolute Gasteiger partial charge is 0.396 e. The SMILES string of the molecule is CCC(C)C1CCCCC1C(=O)CCO. The highest BCUT2D eigenvalue weighted by Gasteiger charge is 2.32. The van der Waals surface area contributed by atoms with Crippen LogP contribution in [-0.2, 0) is 4.79 Å². The Kier molecular flexibility index (Phi) is 5.30. The maximum absolute atomic E-state index is 11.9. The smallest absolute Gasteiger partial charge is 0.138 e. The number of rotatable bonds is 5. The molecule has 0 aliphatic heterocycles. The van der Waals surface area contributed by atoms with Crippen molar-refractivity contribution in [3.8, 4) is 0 Å². The fourth-order valence-electron chi connectivity index (χ4n) is 2.84. The zero-order chi connectivity index (χ0) is 11.3. The fraction of sp³-hybridized carbons (Fsp3) is 0.923. The molecule has 0 amide bonds. The lowest BCUT2D eigenvalue weighted by Crippen LogP contribution is -2.31. The summed E-state index contributed by atoms with van der Waals surface area (Å²) in [6.07, 6.45) is 6.24. The van der Waals surface area contributed by atoms with Crippen LogP contribution in [-0.4, -0.2) is 17.5 Å². The first-order valence-corrected chi connectivity index (χ1v) is 6.34. The molecule has 1 N–H and O–H groups in total. The summed E-state index contributed by atoms with van der Waals surface area (Å²) in [5.41, 5.74) is 0. The van der Waals surface area contributed by atoms with Gasteiger partial charge < -0.3 is 5.11 Å². The molecule has 0 aromatic heterocycles. The van der Waals surface area contributed by atoms with Crippen molar-refractivity contribution in [3.63, 3.8) is 0 Å². The maximum Gasteiger partial charge on any atom is 0.138 e. The van der Waals surface area contributed by atoms with Crippen LogP contribution in [0.1, 0.15) is 52.4 Å². The normalized spacial score (nSPS) is 28.7. The molecule has 1 saturated carbocycles. The summed E-state index contributed by atoms with van der Waals surface area (Å²) >= 11 is 0. The minimum absolute atomic E-state index is 0.0164. The van der Waals surface area contributed by atoms with E-state index in [1.165, 1.54) is 19.3 Å². The predicted molar refractivity (Wildman–Crippen MR) is 61.6 cm³/mol. The van der Waals surface area contributed by atoms with Crippen LogP contribution in [0.15, 0.2) is 0 Å². The van der Waals surface area contributed by atoms with E-state index in [0.29, 0.717) is 24.0 Å². The Bertz CT molecular complexity index is 201. The Morgan fingerprint density at radius 3 is 2.67 bits per heavy atom. The van der Waals surface area contributed by atoms with Gasteiger partial charge in [-0.3, -0.25) is 4.79 Å². The molecule has 1 rings (SSSR count). The lowest BCUT2D eigenvalue weighted by molar-refractivity contribution is -0.127. The summed E-state index contributed by atoms with van der Waals surface area (Å²) in [7, 11) is 0. The second-order valence-electron chi connectivity index (χ2n) is 4.88. The highest BCUT2D eigenvalue weighted by Crippen LogP contribution is 2.37. The van der Waals surface area contributed by atoms with E-state index in [1.807, 2.05) is 0 Å². The fourth-order valence-corrected chi connectivity index (χ4v) is 2.84. The summed E-state index contributed by atoms with van der Waals surface area (Å²) in [6.45, 7) is 4.48. The lowest BCUT2D eigenvalue weighted by atomic mass is 9.70. The van der Waals surface area contributed by atoms with Crippen molar-refractivity contribution in [3.05, 3.63) is 0 Å². The molecule has 0 spiro atoms. The zero-order valence-corrected chi connectivity index (χ0v) is 10.0. The van der Waals surface area contributed by atoms with Crippen molar-refractivity contribution in [1.29, 1.82) is 0 Å². The van der Waals surface area contributed by atoms with Crippen molar-refractivity contribution in [2.24, 2.45) is 17.8 Å². The highest BCUT2D eigenvalue weighted by molar-refractivity contribution is 5.81. The average molecular weight is 212 g/mol. The Morgan fingerprint density at radius 1 is 1.40 bits per heavy atom. The van der Waals surface area contributed by atoms with Crippen molar-refractivity contribution in [2.75, 3.05) is 6.61 Å². The number of aliphatic hydroxyl groups is 1. The molecule has 88 valence electrons. The van der Waals surface area contributed by atoms with Crippen LogP contribution in [0.5, 0.6) is 0 Å². The molecule has 0 heterocycles. The van der Waals surface area contributed by atoms with Crippen LogP contribution in [0, 0.1) is 17.8 Å². The van der Waals surface area contributed by atoms with Gasteiger partial charge in [-0.15, -0.1) is 0 Å². The number of carbonyl (C=O) groups excluding carboxylic acids is 1.